The number of benzene rings is 1. The molecule has 1 fully saturated rings. The van der Waals surface area contributed by atoms with Gasteiger partial charge in [0, 0.05) is 11.5 Å². The highest BCUT2D eigenvalue weighted by atomic mass is 16.7. The molecule has 4 heteroatoms. The van der Waals surface area contributed by atoms with Gasteiger partial charge in [0.2, 0.25) is 0 Å². The summed E-state index contributed by atoms with van der Waals surface area (Å²) in [5.74, 6) is 0. The topological polar surface area (TPSA) is 40.5 Å². The molecule has 0 radical (unpaired) electrons. The Balaban J connectivity index is 2.12. The lowest BCUT2D eigenvalue weighted by Crippen LogP contribution is -2.27. The van der Waals surface area contributed by atoms with Crippen LogP contribution in [0.25, 0.3) is 10.9 Å². The van der Waals surface area contributed by atoms with E-state index in [2.05, 4.69) is 0 Å². The lowest BCUT2D eigenvalue weighted by Gasteiger charge is -2.15. The zero-order valence-electron chi connectivity index (χ0n) is 10.3. The van der Waals surface area contributed by atoms with E-state index in [9.17, 15) is 4.79 Å². The molecule has 2 heterocycles. The fourth-order valence-electron chi connectivity index (χ4n) is 2.35. The number of aryl methyl sites for hydroxylation is 1. The second-order valence-electron chi connectivity index (χ2n) is 4.46. The standard InChI is InChI=1S/C14H15NO3/c1-10-8-13(16)15(9-14-17-6-7-18-14)12-5-3-2-4-11(10)12/h2-5,8,14H,6-7,9H2,1H3. The summed E-state index contributed by atoms with van der Waals surface area (Å²) in [6.45, 7) is 3.60. The molecule has 1 aliphatic rings. The second-order valence-corrected chi connectivity index (χ2v) is 4.46. The van der Waals surface area contributed by atoms with E-state index in [-0.39, 0.29) is 11.8 Å². The van der Waals surface area contributed by atoms with Gasteiger partial charge in [0.15, 0.2) is 6.29 Å². The molecule has 0 spiro atoms. The maximum absolute atomic E-state index is 12.1. The molecule has 1 aromatic heterocycles. The molecule has 4 nitrogen and oxygen atoms in total. The summed E-state index contributed by atoms with van der Waals surface area (Å²) < 4.78 is 12.5. The van der Waals surface area contributed by atoms with Gasteiger partial charge in [-0.15, -0.1) is 0 Å². The number of nitrogens with zero attached hydrogens (tertiary/aromatic N) is 1. The van der Waals surface area contributed by atoms with E-state index in [0.29, 0.717) is 19.8 Å². The van der Waals surface area contributed by atoms with Crippen molar-refractivity contribution in [3.63, 3.8) is 0 Å². The number of ether oxygens (including phenoxy) is 2. The first-order chi connectivity index (χ1) is 8.75. The van der Waals surface area contributed by atoms with Gasteiger partial charge in [-0.2, -0.15) is 0 Å². The normalized spacial score (nSPS) is 16.5. The van der Waals surface area contributed by atoms with E-state index in [0.717, 1.165) is 16.5 Å². The average Bonchev–Trinajstić information content (AvgIpc) is 2.87. The monoisotopic (exact) mass is 245 g/mol. The molecular weight excluding hydrogens is 230 g/mol. The van der Waals surface area contributed by atoms with Crippen molar-refractivity contribution in [2.24, 2.45) is 0 Å². The smallest absolute Gasteiger partial charge is 0.251 e. The van der Waals surface area contributed by atoms with Crippen molar-refractivity contribution in [3.05, 3.63) is 46.2 Å². The largest absolute Gasteiger partial charge is 0.348 e. The number of hydrogen-bond donors (Lipinski definition) is 0. The molecule has 0 aliphatic carbocycles. The SMILES string of the molecule is Cc1cc(=O)n(CC2OCCO2)c2ccccc12. The van der Waals surface area contributed by atoms with Gasteiger partial charge in [-0.25, -0.2) is 0 Å². The summed E-state index contributed by atoms with van der Waals surface area (Å²) in [7, 11) is 0. The summed E-state index contributed by atoms with van der Waals surface area (Å²) in [6, 6.07) is 9.56. The van der Waals surface area contributed by atoms with E-state index in [1.807, 2.05) is 31.2 Å². The molecule has 0 N–H and O–H groups in total. The van der Waals surface area contributed by atoms with E-state index in [1.165, 1.54) is 0 Å². The zero-order valence-corrected chi connectivity index (χ0v) is 10.3. The Kier molecular flexibility index (Phi) is 2.89. The van der Waals surface area contributed by atoms with Gasteiger partial charge < -0.3 is 14.0 Å². The Bertz CT molecular complexity index is 626. The molecule has 0 amide bonds. The van der Waals surface area contributed by atoms with Crippen LogP contribution in [0.15, 0.2) is 35.1 Å². The first-order valence-corrected chi connectivity index (χ1v) is 6.08. The minimum absolute atomic E-state index is 0.00898. The Morgan fingerprint density at radius 2 is 2.00 bits per heavy atom. The molecule has 2 aromatic rings. The number of pyridine rings is 1. The Hall–Kier alpha value is -1.65. The van der Waals surface area contributed by atoms with Crippen molar-refractivity contribution >= 4 is 10.9 Å². The van der Waals surface area contributed by atoms with Crippen molar-refractivity contribution in [1.29, 1.82) is 0 Å². The molecule has 94 valence electrons. The van der Waals surface area contributed by atoms with Crippen LogP contribution in [0, 0.1) is 6.92 Å². The zero-order chi connectivity index (χ0) is 12.5. The summed E-state index contributed by atoms with van der Waals surface area (Å²) in [5, 5.41) is 1.09. The molecule has 0 saturated carbocycles. The van der Waals surface area contributed by atoms with Crippen molar-refractivity contribution in [1.82, 2.24) is 4.57 Å². The number of fused-ring (bicyclic) bond motifs is 1. The van der Waals surface area contributed by atoms with Crippen LogP contribution in [0.3, 0.4) is 0 Å². The molecule has 1 aromatic carbocycles. The number of hydrogen-bond acceptors (Lipinski definition) is 3. The van der Waals surface area contributed by atoms with Crippen molar-refractivity contribution in [3.8, 4) is 0 Å². The van der Waals surface area contributed by atoms with Crippen LogP contribution in [-0.2, 0) is 16.0 Å². The third-order valence-corrected chi connectivity index (χ3v) is 3.25. The maximum Gasteiger partial charge on any atom is 0.251 e. The lowest BCUT2D eigenvalue weighted by atomic mass is 10.1. The fourth-order valence-corrected chi connectivity index (χ4v) is 2.35. The van der Waals surface area contributed by atoms with Gasteiger partial charge in [-0.05, 0) is 18.6 Å². The van der Waals surface area contributed by atoms with Crippen LogP contribution >= 0.6 is 0 Å². The van der Waals surface area contributed by atoms with Crippen molar-refractivity contribution < 1.29 is 9.47 Å². The molecule has 0 bridgehead atoms. The number of para-hydroxylation sites is 1. The maximum atomic E-state index is 12.1. The summed E-state index contributed by atoms with van der Waals surface area (Å²) in [6.07, 6.45) is -0.311. The molecule has 18 heavy (non-hydrogen) atoms. The summed E-state index contributed by atoms with van der Waals surface area (Å²) in [4.78, 5) is 12.1. The first kappa shape index (κ1) is 11.4. The molecule has 1 saturated heterocycles. The van der Waals surface area contributed by atoms with Crippen molar-refractivity contribution in [2.75, 3.05) is 13.2 Å². The van der Waals surface area contributed by atoms with Crippen LogP contribution in [-0.4, -0.2) is 24.1 Å². The van der Waals surface area contributed by atoms with E-state index in [4.69, 9.17) is 9.47 Å². The van der Waals surface area contributed by atoms with Gasteiger partial charge in [0.05, 0.1) is 25.3 Å². The predicted octanol–water partition coefficient (Wildman–Crippen LogP) is 1.68. The Labute approximate surface area is 105 Å². The third-order valence-electron chi connectivity index (χ3n) is 3.25. The quantitative estimate of drug-likeness (QED) is 0.808. The predicted molar refractivity (Wildman–Crippen MR) is 68.6 cm³/mol. The number of aromatic nitrogens is 1. The van der Waals surface area contributed by atoms with E-state index < -0.39 is 0 Å². The average molecular weight is 245 g/mol. The third kappa shape index (κ3) is 1.94. The first-order valence-electron chi connectivity index (χ1n) is 6.08. The minimum Gasteiger partial charge on any atom is -0.348 e. The van der Waals surface area contributed by atoms with E-state index >= 15 is 0 Å². The highest BCUT2D eigenvalue weighted by Gasteiger charge is 2.18. The van der Waals surface area contributed by atoms with Gasteiger partial charge in [0.25, 0.3) is 5.56 Å². The second kappa shape index (κ2) is 4.55. The van der Waals surface area contributed by atoms with Gasteiger partial charge in [-0.3, -0.25) is 4.79 Å². The minimum atomic E-state index is -0.311. The fraction of sp³-hybridized carbons (Fsp3) is 0.357. The summed E-state index contributed by atoms with van der Waals surface area (Å²) >= 11 is 0. The molecule has 0 unspecified atom stereocenters. The van der Waals surface area contributed by atoms with Crippen LogP contribution in [0.2, 0.25) is 0 Å². The molecule has 1 aliphatic heterocycles. The molecular formula is C14H15NO3. The molecule has 3 rings (SSSR count). The van der Waals surface area contributed by atoms with Crippen LogP contribution < -0.4 is 5.56 Å². The molecule has 0 atom stereocenters. The highest BCUT2D eigenvalue weighted by Crippen LogP contribution is 2.17. The van der Waals surface area contributed by atoms with Crippen molar-refractivity contribution in [2.45, 2.75) is 19.8 Å². The Morgan fingerprint density at radius 1 is 1.28 bits per heavy atom. The van der Waals surface area contributed by atoms with Gasteiger partial charge >= 0.3 is 0 Å². The van der Waals surface area contributed by atoms with Crippen LogP contribution in [0.5, 0.6) is 0 Å². The van der Waals surface area contributed by atoms with E-state index in [1.54, 1.807) is 10.6 Å². The van der Waals surface area contributed by atoms with Crippen LogP contribution in [0.4, 0.5) is 0 Å². The number of rotatable bonds is 2. The summed E-state index contributed by atoms with van der Waals surface area (Å²) in [5.41, 5.74) is 1.92. The van der Waals surface area contributed by atoms with Gasteiger partial charge in [-0.1, -0.05) is 18.2 Å². The Morgan fingerprint density at radius 3 is 2.78 bits per heavy atom. The van der Waals surface area contributed by atoms with Gasteiger partial charge in [0.1, 0.15) is 0 Å². The highest BCUT2D eigenvalue weighted by molar-refractivity contribution is 5.82. The van der Waals surface area contributed by atoms with Crippen LogP contribution in [0.1, 0.15) is 5.56 Å². The lowest BCUT2D eigenvalue weighted by molar-refractivity contribution is -0.0522.